The van der Waals surface area contributed by atoms with Gasteiger partial charge in [0.25, 0.3) is 5.91 Å². The Morgan fingerprint density at radius 2 is 1.79 bits per heavy atom. The molecule has 1 amide bonds. The summed E-state index contributed by atoms with van der Waals surface area (Å²) in [6, 6.07) is 2.08. The minimum absolute atomic E-state index is 0.0696. The normalized spacial score (nSPS) is 33.1. The van der Waals surface area contributed by atoms with E-state index in [2.05, 4.69) is 0 Å². The van der Waals surface area contributed by atoms with Crippen molar-refractivity contribution < 1.29 is 39.9 Å². The average Bonchev–Trinajstić information content (AvgIpc) is 2.75. The smallest absolute Gasteiger partial charge is 0.255 e. The molecule has 3 aliphatic carbocycles. The lowest BCUT2D eigenvalue weighted by atomic mass is 9.55. The van der Waals surface area contributed by atoms with Gasteiger partial charge in [-0.05, 0) is 37.6 Å². The zero-order valence-corrected chi connectivity index (χ0v) is 19.2. The number of likely N-dealkylation sites (N-methyl/N-ethyl adjacent to an activating group) is 1. The van der Waals surface area contributed by atoms with Gasteiger partial charge in [0.15, 0.2) is 11.4 Å². The third-order valence-corrected chi connectivity index (χ3v) is 7.60. The van der Waals surface area contributed by atoms with E-state index in [1.54, 1.807) is 26.0 Å². The van der Waals surface area contributed by atoms with Gasteiger partial charge in [-0.2, -0.15) is 0 Å². The van der Waals surface area contributed by atoms with Gasteiger partial charge in [0.1, 0.15) is 22.8 Å². The zero-order valence-electron chi connectivity index (χ0n) is 19.2. The van der Waals surface area contributed by atoms with E-state index in [1.165, 1.54) is 19.0 Å². The highest BCUT2D eigenvalue weighted by Crippen LogP contribution is 2.55. The number of aliphatic hydroxyl groups is 4. The van der Waals surface area contributed by atoms with Gasteiger partial charge in [-0.15, -0.1) is 0 Å². The number of carbonyl (C=O) groups is 3. The van der Waals surface area contributed by atoms with Gasteiger partial charge < -0.3 is 31.3 Å². The Morgan fingerprint density at radius 1 is 1.18 bits per heavy atom. The number of ketones is 2. The Balaban J connectivity index is 2.05. The lowest BCUT2D eigenvalue weighted by Gasteiger charge is -2.53. The molecular weight excluding hydrogens is 444 g/mol. The lowest BCUT2D eigenvalue weighted by Crippen LogP contribution is -2.68. The second kappa shape index (κ2) is 7.66. The van der Waals surface area contributed by atoms with Crippen LogP contribution in [0.3, 0.4) is 0 Å². The molecule has 0 saturated carbocycles. The number of nitrogens with zero attached hydrogens (tertiary/aromatic N) is 1. The topological polar surface area (TPSA) is 182 Å². The van der Waals surface area contributed by atoms with Crippen LogP contribution in [0.4, 0.5) is 0 Å². The number of phenols is 1. The molecule has 34 heavy (non-hydrogen) atoms. The molecule has 0 saturated heterocycles. The quantitative estimate of drug-likeness (QED) is 0.335. The minimum Gasteiger partial charge on any atom is -0.510 e. The number of benzene rings is 1. The number of rotatable bonds is 3. The molecule has 6 unspecified atom stereocenters. The summed E-state index contributed by atoms with van der Waals surface area (Å²) < 4.78 is 0. The van der Waals surface area contributed by atoms with Gasteiger partial charge in [-0.3, -0.25) is 19.3 Å². The van der Waals surface area contributed by atoms with Crippen molar-refractivity contribution in [2.45, 2.75) is 43.9 Å². The largest absolute Gasteiger partial charge is 0.510 e. The van der Waals surface area contributed by atoms with Crippen LogP contribution in [0.5, 0.6) is 5.75 Å². The van der Waals surface area contributed by atoms with Crippen LogP contribution in [0.2, 0.25) is 0 Å². The van der Waals surface area contributed by atoms with Crippen LogP contribution < -0.4 is 5.73 Å². The van der Waals surface area contributed by atoms with Crippen molar-refractivity contribution in [1.82, 2.24) is 4.90 Å². The third-order valence-electron chi connectivity index (χ3n) is 7.60. The molecule has 0 radical (unpaired) electrons. The third kappa shape index (κ3) is 2.76. The van der Waals surface area contributed by atoms with Gasteiger partial charge >= 0.3 is 0 Å². The van der Waals surface area contributed by atoms with E-state index in [-0.39, 0.29) is 11.3 Å². The van der Waals surface area contributed by atoms with Gasteiger partial charge in [-0.1, -0.05) is 26.0 Å². The highest BCUT2D eigenvalue weighted by Gasteiger charge is 2.67. The van der Waals surface area contributed by atoms with E-state index in [4.69, 9.17) is 5.73 Å². The van der Waals surface area contributed by atoms with Crippen molar-refractivity contribution in [3.63, 3.8) is 0 Å². The summed E-state index contributed by atoms with van der Waals surface area (Å²) >= 11 is 0. The fourth-order valence-electron chi connectivity index (χ4n) is 5.95. The van der Waals surface area contributed by atoms with Crippen LogP contribution in [0.25, 0.3) is 0 Å². The average molecular weight is 472 g/mol. The van der Waals surface area contributed by atoms with Crippen molar-refractivity contribution in [2.75, 3.05) is 14.1 Å². The molecule has 0 fully saturated rings. The molecule has 10 nitrogen and oxygen atoms in total. The van der Waals surface area contributed by atoms with Crippen molar-refractivity contribution >= 4 is 17.5 Å². The molecule has 4 rings (SSSR count). The summed E-state index contributed by atoms with van der Waals surface area (Å²) in [4.78, 5) is 40.3. The summed E-state index contributed by atoms with van der Waals surface area (Å²) in [5, 5.41) is 55.9. The van der Waals surface area contributed by atoms with E-state index < -0.39 is 75.6 Å². The number of aliphatic hydroxyl groups excluding tert-OH is 3. The Kier molecular flexibility index (Phi) is 5.39. The first-order valence-corrected chi connectivity index (χ1v) is 11.0. The molecule has 182 valence electrons. The standard InChI is InChI=1S/C24H28N2O8/c1-5-9-6-7-10-8(2)11-13(18(28)12(10)17(9)27)21(31)24(34)15(19(11)29)16(26(3)4)20(30)14(22(24)32)23(25)33/h6-8,11,15-16,19,27,29-31,34H,5H2,1-4H3,(H2,25,33). The van der Waals surface area contributed by atoms with E-state index in [0.717, 1.165) is 0 Å². The van der Waals surface area contributed by atoms with E-state index in [9.17, 15) is 39.9 Å². The minimum atomic E-state index is -2.90. The van der Waals surface area contributed by atoms with Crippen LogP contribution in [-0.4, -0.2) is 79.7 Å². The van der Waals surface area contributed by atoms with E-state index in [1.807, 2.05) is 0 Å². The number of nitrogens with two attached hydrogens (primary N) is 1. The molecule has 0 aliphatic heterocycles. The summed E-state index contributed by atoms with van der Waals surface area (Å²) in [6.45, 7) is 3.49. The first-order valence-electron chi connectivity index (χ1n) is 11.0. The number of hydrogen-bond donors (Lipinski definition) is 6. The zero-order chi connectivity index (χ0) is 25.4. The maximum Gasteiger partial charge on any atom is 0.255 e. The Hall–Kier alpha value is -3.21. The van der Waals surface area contributed by atoms with Gasteiger partial charge in [0.05, 0.1) is 23.6 Å². The summed E-state index contributed by atoms with van der Waals surface area (Å²) in [7, 11) is 2.99. The molecule has 0 bridgehead atoms. The number of phenolic OH excluding ortho intramolecular Hbond substituents is 1. The summed E-state index contributed by atoms with van der Waals surface area (Å²) in [6.07, 6.45) is -1.16. The van der Waals surface area contributed by atoms with Gasteiger partial charge in [0, 0.05) is 11.5 Å². The monoisotopic (exact) mass is 472 g/mol. The second-order valence-corrected chi connectivity index (χ2v) is 9.44. The van der Waals surface area contributed by atoms with Crippen LogP contribution in [0.15, 0.2) is 34.8 Å². The fraction of sp³-hybridized carbons (Fsp3) is 0.458. The Labute approximate surface area is 195 Å². The molecule has 1 aromatic carbocycles. The summed E-state index contributed by atoms with van der Waals surface area (Å²) in [5.41, 5.74) is 1.95. The molecule has 10 heteroatoms. The lowest BCUT2D eigenvalue weighted by molar-refractivity contribution is -0.162. The summed E-state index contributed by atoms with van der Waals surface area (Å²) in [5.74, 6) is -8.76. The van der Waals surface area contributed by atoms with Crippen LogP contribution in [-0.2, 0) is 16.0 Å². The molecule has 0 spiro atoms. The number of Topliss-reactive ketones (excluding diaryl/α,β-unsaturated/α-hetero) is 2. The van der Waals surface area contributed by atoms with Crippen molar-refractivity contribution in [3.05, 3.63) is 51.5 Å². The predicted octanol–water partition coefficient (Wildman–Crippen LogP) is 0.215. The first-order chi connectivity index (χ1) is 15.8. The number of aromatic hydroxyl groups is 1. The molecular formula is C24H28N2O8. The van der Waals surface area contributed by atoms with Crippen molar-refractivity contribution in [3.8, 4) is 5.75 Å². The highest BCUT2D eigenvalue weighted by molar-refractivity contribution is 6.25. The predicted molar refractivity (Wildman–Crippen MR) is 119 cm³/mol. The van der Waals surface area contributed by atoms with Crippen LogP contribution >= 0.6 is 0 Å². The molecule has 6 atom stereocenters. The molecule has 3 aliphatic rings. The number of carbonyl (C=O) groups excluding carboxylic acids is 3. The maximum absolute atomic E-state index is 13.6. The number of primary amides is 1. The fourth-order valence-corrected chi connectivity index (χ4v) is 5.95. The second-order valence-electron chi connectivity index (χ2n) is 9.44. The van der Waals surface area contributed by atoms with Gasteiger partial charge in [-0.25, -0.2) is 0 Å². The van der Waals surface area contributed by atoms with Crippen LogP contribution in [0.1, 0.15) is 41.3 Å². The number of amides is 1. The molecule has 7 N–H and O–H groups in total. The van der Waals surface area contributed by atoms with Crippen LogP contribution in [0, 0.1) is 11.8 Å². The number of hydrogen-bond acceptors (Lipinski definition) is 9. The Bertz CT molecular complexity index is 1200. The van der Waals surface area contributed by atoms with Gasteiger partial charge in [0.2, 0.25) is 5.78 Å². The molecule has 0 aromatic heterocycles. The van der Waals surface area contributed by atoms with Crippen molar-refractivity contribution in [2.24, 2.45) is 17.6 Å². The Morgan fingerprint density at radius 3 is 2.32 bits per heavy atom. The molecule has 0 heterocycles. The number of fused-ring (bicyclic) bond motifs is 3. The van der Waals surface area contributed by atoms with E-state index in [0.29, 0.717) is 17.5 Å². The maximum atomic E-state index is 13.6. The molecule has 1 aromatic rings. The van der Waals surface area contributed by atoms with E-state index >= 15 is 0 Å². The SMILES string of the molecule is CCc1ccc2c(c1O)C(=O)C1=C(O)C3(O)C(=O)C(C(N)=O)=C(O)C(N(C)C)C3C(O)C1C2C. The highest BCUT2D eigenvalue weighted by atomic mass is 16.4. The number of aryl methyl sites for hydroxylation is 1. The first kappa shape index (κ1) is 23.9. The van der Waals surface area contributed by atoms with Crippen molar-refractivity contribution in [1.29, 1.82) is 0 Å².